The van der Waals surface area contributed by atoms with E-state index in [1.54, 1.807) is 6.08 Å². The lowest BCUT2D eigenvalue weighted by Gasteiger charge is -2.30. The molecule has 11 N–H and O–H groups in total. The topological polar surface area (TPSA) is 384 Å². The number of nitrogens with zero attached hydrogens (tertiary/aromatic N) is 4. The van der Waals surface area contributed by atoms with Crippen molar-refractivity contribution in [2.24, 2.45) is 5.41 Å². The SMILES string of the molecule is CCCCCC/C=C/C=C\C[C@@H](O)CC(=O)SCCNC(=O)CCNC(=O)[C@H](O)C(C)(C)COP(=O)(O)OP(=O)(O)OC[C@H]1O[C@@H](n2cnc3c(N)ncnc32)[C@H](O)[C@@H]1OP(=O)(O)O. The number of anilines is 1. The highest BCUT2D eigenvalue weighted by Gasteiger charge is 2.50. The van der Waals surface area contributed by atoms with Crippen molar-refractivity contribution in [2.45, 2.75) is 109 Å². The second kappa shape index (κ2) is 25.8. The van der Waals surface area contributed by atoms with Gasteiger partial charge in [-0.2, -0.15) is 4.31 Å². The number of rotatable bonds is 29. The standard InChI is InChI=1S/C35H58N7O18P3S/c1-4-5-6-7-8-9-10-11-12-13-23(43)18-26(45)64-17-16-37-25(44)14-15-38-33(48)30(47)35(2,3)20-57-63(54,55)60-62(52,53)56-19-24-29(59-61(49,50)51)28(46)34(58-24)42-22-41-27-31(36)39-21-40-32(27)42/h9-12,21-24,28-30,34,43,46-47H,4-8,13-20H2,1-3H3,(H,37,44)(H,38,48)(H,52,53)(H,54,55)(H2,36,39,40)(H2,49,50,51)/b10-9+,12-11-/t23-,24-,28-,29-,30+,34-/m1/s1. The van der Waals surface area contributed by atoms with Gasteiger partial charge >= 0.3 is 23.5 Å². The summed E-state index contributed by atoms with van der Waals surface area (Å²) >= 11 is 0.957. The Hall–Kier alpha value is -3.00. The first-order valence-electron chi connectivity index (χ1n) is 20.0. The highest BCUT2D eigenvalue weighted by atomic mass is 32.2. The summed E-state index contributed by atoms with van der Waals surface area (Å²) in [7, 11) is -16.4. The molecule has 1 aliphatic heterocycles. The number of hydrogen-bond donors (Lipinski definition) is 10. The number of imidazole rings is 1. The number of carbonyl (C=O) groups excluding carboxylic acids is 3. The number of nitrogen functional groups attached to an aromatic ring is 1. The van der Waals surface area contributed by atoms with Gasteiger partial charge in [0.1, 0.15) is 36.3 Å². The molecule has 64 heavy (non-hydrogen) atoms. The molecule has 8 atom stereocenters. The maximum absolute atomic E-state index is 12.7. The number of amides is 2. The van der Waals surface area contributed by atoms with Gasteiger partial charge in [0.05, 0.1) is 25.6 Å². The first-order chi connectivity index (χ1) is 29.9. The minimum Gasteiger partial charge on any atom is -0.392 e. The molecule has 2 aromatic rings. The maximum Gasteiger partial charge on any atom is 0.481 e. The predicted molar refractivity (Wildman–Crippen MR) is 229 cm³/mol. The minimum atomic E-state index is -5.59. The van der Waals surface area contributed by atoms with Crippen LogP contribution >= 0.6 is 35.2 Å². The number of allylic oxidation sites excluding steroid dienone is 3. The van der Waals surface area contributed by atoms with Crippen LogP contribution in [-0.4, -0.2) is 134 Å². The van der Waals surface area contributed by atoms with Gasteiger partial charge in [-0.3, -0.25) is 32.5 Å². The van der Waals surface area contributed by atoms with Gasteiger partial charge in [-0.05, 0) is 19.3 Å². The van der Waals surface area contributed by atoms with Crippen LogP contribution in [0, 0.1) is 5.41 Å². The molecule has 3 rings (SSSR count). The van der Waals surface area contributed by atoms with Gasteiger partial charge in [-0.15, -0.1) is 0 Å². The molecule has 0 spiro atoms. The third-order valence-corrected chi connectivity index (χ3v) is 13.2. The summed E-state index contributed by atoms with van der Waals surface area (Å²) in [5.74, 6) is -1.27. The molecular weight excluding hydrogens is 931 g/mol. The van der Waals surface area contributed by atoms with Crippen LogP contribution in [0.2, 0.25) is 0 Å². The number of ether oxygens (including phenoxy) is 1. The average Bonchev–Trinajstić information content (AvgIpc) is 3.76. The summed E-state index contributed by atoms with van der Waals surface area (Å²) in [6.07, 6.45) is 5.79. The Morgan fingerprint density at radius 1 is 1.00 bits per heavy atom. The van der Waals surface area contributed by atoms with Crippen molar-refractivity contribution in [3.8, 4) is 0 Å². The van der Waals surface area contributed by atoms with E-state index < -0.39 is 90.7 Å². The second-order valence-corrected chi connectivity index (χ2v) is 20.5. The number of phosphoric ester groups is 3. The third kappa shape index (κ3) is 19.1. The van der Waals surface area contributed by atoms with Gasteiger partial charge in [0, 0.05) is 37.1 Å². The number of unbranched alkanes of at least 4 members (excludes halogenated alkanes) is 4. The molecule has 0 aromatic carbocycles. The Balaban J connectivity index is 1.38. The van der Waals surface area contributed by atoms with Gasteiger partial charge in [-0.1, -0.05) is 76.1 Å². The number of phosphoric acid groups is 3. The zero-order chi connectivity index (χ0) is 47.7. The lowest BCUT2D eigenvalue weighted by Crippen LogP contribution is -2.46. The molecule has 2 aromatic heterocycles. The Morgan fingerprint density at radius 2 is 1.70 bits per heavy atom. The van der Waals surface area contributed by atoms with E-state index in [2.05, 4.69) is 47.4 Å². The van der Waals surface area contributed by atoms with E-state index in [1.807, 2.05) is 12.2 Å². The first kappa shape index (κ1) is 55.3. The lowest BCUT2D eigenvalue weighted by atomic mass is 9.87. The van der Waals surface area contributed by atoms with Gasteiger partial charge < -0.3 is 56.0 Å². The van der Waals surface area contributed by atoms with Crippen molar-refractivity contribution in [1.82, 2.24) is 30.2 Å². The minimum absolute atomic E-state index is 0.0255. The van der Waals surface area contributed by atoms with Crippen LogP contribution in [0.3, 0.4) is 0 Å². The van der Waals surface area contributed by atoms with Crippen LogP contribution < -0.4 is 16.4 Å². The average molecular weight is 990 g/mol. The van der Waals surface area contributed by atoms with E-state index >= 15 is 0 Å². The van der Waals surface area contributed by atoms with Crippen molar-refractivity contribution in [2.75, 3.05) is 37.8 Å². The normalized spacial score (nSPS) is 21.2. The summed E-state index contributed by atoms with van der Waals surface area (Å²) in [6, 6.07) is 0. The number of aliphatic hydroxyl groups is 3. The molecule has 2 amide bonds. The van der Waals surface area contributed by atoms with Crippen LogP contribution in [0.25, 0.3) is 11.2 Å². The molecule has 1 saturated heterocycles. The molecule has 0 saturated carbocycles. The number of aliphatic hydroxyl groups excluding tert-OH is 3. The summed E-state index contributed by atoms with van der Waals surface area (Å²) in [4.78, 5) is 88.1. The van der Waals surface area contributed by atoms with Crippen LogP contribution in [0.1, 0.15) is 78.4 Å². The second-order valence-electron chi connectivity index (χ2n) is 15.1. The number of thioether (sulfide) groups is 1. The van der Waals surface area contributed by atoms with E-state index in [1.165, 1.54) is 33.1 Å². The van der Waals surface area contributed by atoms with E-state index in [9.17, 15) is 63.0 Å². The summed E-state index contributed by atoms with van der Waals surface area (Å²) in [5.41, 5.74) is 4.24. The molecule has 25 nitrogen and oxygen atoms in total. The summed E-state index contributed by atoms with van der Waals surface area (Å²) < 4.78 is 62.3. The molecule has 2 unspecified atom stereocenters. The molecular formula is C35H58N7O18P3S. The number of fused-ring (bicyclic) bond motifs is 1. The molecule has 3 heterocycles. The van der Waals surface area contributed by atoms with Crippen molar-refractivity contribution in [3.63, 3.8) is 0 Å². The number of nitrogens with one attached hydrogen (secondary N) is 2. The van der Waals surface area contributed by atoms with Crippen LogP contribution in [0.5, 0.6) is 0 Å². The van der Waals surface area contributed by atoms with Crippen molar-refractivity contribution < 1.29 is 85.6 Å². The van der Waals surface area contributed by atoms with E-state index in [0.29, 0.717) is 6.42 Å². The van der Waals surface area contributed by atoms with Crippen LogP contribution in [0.15, 0.2) is 37.0 Å². The van der Waals surface area contributed by atoms with Gasteiger partial charge in [0.15, 0.2) is 22.8 Å². The van der Waals surface area contributed by atoms with Crippen molar-refractivity contribution in [3.05, 3.63) is 37.0 Å². The number of hydrogen-bond acceptors (Lipinski definition) is 19. The van der Waals surface area contributed by atoms with Gasteiger partial charge in [-0.25, -0.2) is 28.6 Å². The Kier molecular flexibility index (Phi) is 22.3. The highest BCUT2D eigenvalue weighted by molar-refractivity contribution is 8.13. The highest BCUT2D eigenvalue weighted by Crippen LogP contribution is 2.61. The molecule has 1 aliphatic rings. The third-order valence-electron chi connectivity index (χ3n) is 9.18. The summed E-state index contributed by atoms with van der Waals surface area (Å²) in [5, 5.41) is 36.3. The monoisotopic (exact) mass is 989 g/mol. The number of carbonyl (C=O) groups is 3. The Bertz CT molecular complexity index is 2060. The fourth-order valence-corrected chi connectivity index (χ4v) is 9.38. The number of nitrogens with two attached hydrogens (primary N) is 1. The largest absolute Gasteiger partial charge is 0.481 e. The Morgan fingerprint density at radius 3 is 2.41 bits per heavy atom. The van der Waals surface area contributed by atoms with Crippen molar-refractivity contribution >= 4 is 69.1 Å². The smallest absolute Gasteiger partial charge is 0.392 e. The van der Waals surface area contributed by atoms with Gasteiger partial charge in [0.2, 0.25) is 11.8 Å². The van der Waals surface area contributed by atoms with E-state index in [4.69, 9.17) is 19.5 Å². The molecule has 0 radical (unpaired) electrons. The van der Waals surface area contributed by atoms with Crippen LogP contribution in [-0.2, 0) is 50.7 Å². The zero-order valence-electron chi connectivity index (χ0n) is 35.4. The van der Waals surface area contributed by atoms with E-state index in [-0.39, 0.29) is 53.8 Å². The first-order valence-corrected chi connectivity index (χ1v) is 25.5. The lowest BCUT2D eigenvalue weighted by molar-refractivity contribution is -0.137. The van der Waals surface area contributed by atoms with Crippen LogP contribution in [0.4, 0.5) is 5.82 Å². The molecule has 0 aliphatic carbocycles. The fourth-order valence-electron chi connectivity index (χ4n) is 5.81. The Labute approximate surface area is 373 Å². The predicted octanol–water partition coefficient (Wildman–Crippen LogP) is 1.89. The zero-order valence-corrected chi connectivity index (χ0v) is 38.9. The molecule has 1 fully saturated rings. The van der Waals surface area contributed by atoms with Crippen molar-refractivity contribution in [1.29, 1.82) is 0 Å². The molecule has 362 valence electrons. The van der Waals surface area contributed by atoms with Gasteiger partial charge in [0.25, 0.3) is 0 Å². The van der Waals surface area contributed by atoms with E-state index in [0.717, 1.165) is 41.8 Å². The quantitative estimate of drug-likeness (QED) is 0.0316. The number of aromatic nitrogens is 4. The molecule has 0 bridgehead atoms. The maximum atomic E-state index is 12.7. The fraction of sp³-hybridized carbons (Fsp3) is 0.657. The summed E-state index contributed by atoms with van der Waals surface area (Å²) in [6.45, 7) is 2.50. The molecule has 29 heteroatoms.